The van der Waals surface area contributed by atoms with Crippen LogP contribution in [0.3, 0.4) is 0 Å². The minimum Gasteiger partial charge on any atom is -0.480 e. The maximum absolute atomic E-state index is 11.7. The van der Waals surface area contributed by atoms with E-state index in [0.717, 1.165) is 12.8 Å². The molecular weight excluding hydrogens is 218 g/mol. The Morgan fingerprint density at radius 1 is 1.29 bits per heavy atom. The summed E-state index contributed by atoms with van der Waals surface area (Å²) in [6, 6.07) is -0.700. The van der Waals surface area contributed by atoms with Gasteiger partial charge in [0, 0.05) is 6.42 Å². The molecule has 1 aliphatic rings. The predicted octanol–water partition coefficient (Wildman–Crippen LogP) is 2.04. The molecule has 4 heteroatoms. The van der Waals surface area contributed by atoms with E-state index >= 15 is 0 Å². The van der Waals surface area contributed by atoms with Gasteiger partial charge in [-0.3, -0.25) is 4.79 Å². The molecule has 0 heterocycles. The number of amides is 1. The van der Waals surface area contributed by atoms with Crippen molar-refractivity contribution in [3.8, 4) is 0 Å². The second kappa shape index (κ2) is 6.03. The van der Waals surface area contributed by atoms with Crippen LogP contribution in [0.1, 0.15) is 46.5 Å². The zero-order chi connectivity index (χ0) is 13.0. The van der Waals surface area contributed by atoms with E-state index in [2.05, 4.69) is 19.2 Å². The SMILES string of the molecule is CC(C)C(C)CC(=O)NC(CC1CC1)C(=O)O. The number of nitrogens with one attached hydrogen (secondary N) is 1. The summed E-state index contributed by atoms with van der Waals surface area (Å²) in [4.78, 5) is 22.7. The fraction of sp³-hybridized carbons (Fsp3) is 0.846. The number of carbonyl (C=O) groups excluding carboxylic acids is 1. The lowest BCUT2D eigenvalue weighted by molar-refractivity contribution is -0.142. The summed E-state index contributed by atoms with van der Waals surface area (Å²) in [5.41, 5.74) is 0. The number of carboxylic acid groups (broad SMARTS) is 1. The Bertz CT molecular complexity index is 284. The van der Waals surface area contributed by atoms with Crippen LogP contribution in [0.4, 0.5) is 0 Å². The Balaban J connectivity index is 2.37. The van der Waals surface area contributed by atoms with Crippen LogP contribution in [0.15, 0.2) is 0 Å². The molecule has 4 nitrogen and oxygen atoms in total. The highest BCUT2D eigenvalue weighted by atomic mass is 16.4. The molecule has 0 radical (unpaired) electrons. The van der Waals surface area contributed by atoms with Gasteiger partial charge in [-0.25, -0.2) is 4.79 Å². The molecule has 0 saturated heterocycles. The molecule has 0 aromatic heterocycles. The average molecular weight is 241 g/mol. The van der Waals surface area contributed by atoms with Crippen molar-refractivity contribution < 1.29 is 14.7 Å². The molecule has 0 spiro atoms. The van der Waals surface area contributed by atoms with Crippen LogP contribution < -0.4 is 5.32 Å². The van der Waals surface area contributed by atoms with Gasteiger partial charge in [-0.1, -0.05) is 33.6 Å². The lowest BCUT2D eigenvalue weighted by Gasteiger charge is -2.18. The highest BCUT2D eigenvalue weighted by molar-refractivity contribution is 5.83. The molecule has 0 aliphatic heterocycles. The van der Waals surface area contributed by atoms with Crippen LogP contribution >= 0.6 is 0 Å². The lowest BCUT2D eigenvalue weighted by Crippen LogP contribution is -2.41. The van der Waals surface area contributed by atoms with E-state index in [1.165, 1.54) is 0 Å². The fourth-order valence-corrected chi connectivity index (χ4v) is 1.69. The number of carboxylic acids is 1. The smallest absolute Gasteiger partial charge is 0.326 e. The quantitative estimate of drug-likeness (QED) is 0.716. The summed E-state index contributed by atoms with van der Waals surface area (Å²) >= 11 is 0. The third-order valence-electron chi connectivity index (χ3n) is 3.54. The number of rotatable bonds is 7. The van der Waals surface area contributed by atoms with Gasteiger partial charge in [0.2, 0.25) is 5.91 Å². The third kappa shape index (κ3) is 5.20. The van der Waals surface area contributed by atoms with Crippen molar-refractivity contribution >= 4 is 11.9 Å². The molecule has 0 bridgehead atoms. The van der Waals surface area contributed by atoms with Crippen LogP contribution in [-0.2, 0) is 9.59 Å². The van der Waals surface area contributed by atoms with Gasteiger partial charge in [0.15, 0.2) is 0 Å². The van der Waals surface area contributed by atoms with E-state index < -0.39 is 12.0 Å². The Labute approximate surface area is 103 Å². The van der Waals surface area contributed by atoms with Crippen molar-refractivity contribution in [1.29, 1.82) is 0 Å². The molecule has 0 aromatic carbocycles. The molecule has 1 saturated carbocycles. The molecule has 98 valence electrons. The van der Waals surface area contributed by atoms with E-state index in [1.807, 2.05) is 6.92 Å². The number of carbonyl (C=O) groups is 2. The number of hydrogen-bond donors (Lipinski definition) is 2. The zero-order valence-corrected chi connectivity index (χ0v) is 10.9. The number of hydrogen-bond acceptors (Lipinski definition) is 2. The van der Waals surface area contributed by atoms with Gasteiger partial charge < -0.3 is 10.4 Å². The molecule has 1 amide bonds. The molecule has 1 rings (SSSR count). The van der Waals surface area contributed by atoms with Crippen molar-refractivity contribution in [2.75, 3.05) is 0 Å². The van der Waals surface area contributed by atoms with Gasteiger partial charge in [0.05, 0.1) is 0 Å². The zero-order valence-electron chi connectivity index (χ0n) is 10.9. The fourth-order valence-electron chi connectivity index (χ4n) is 1.69. The van der Waals surface area contributed by atoms with Crippen LogP contribution in [-0.4, -0.2) is 23.0 Å². The molecular formula is C13H23NO3. The first-order valence-corrected chi connectivity index (χ1v) is 6.42. The van der Waals surface area contributed by atoms with E-state index in [1.54, 1.807) is 0 Å². The first kappa shape index (κ1) is 14.0. The summed E-state index contributed by atoms with van der Waals surface area (Å²) in [5, 5.41) is 11.7. The van der Waals surface area contributed by atoms with Crippen molar-refractivity contribution in [3.63, 3.8) is 0 Å². The van der Waals surface area contributed by atoms with Gasteiger partial charge >= 0.3 is 5.97 Å². The summed E-state index contributed by atoms with van der Waals surface area (Å²) in [6.07, 6.45) is 3.19. The molecule has 1 aliphatic carbocycles. The second-order valence-electron chi connectivity index (χ2n) is 5.56. The summed E-state index contributed by atoms with van der Waals surface area (Å²) in [5.74, 6) is 0.165. The monoisotopic (exact) mass is 241 g/mol. The molecule has 2 N–H and O–H groups in total. The molecule has 2 unspecified atom stereocenters. The Morgan fingerprint density at radius 3 is 2.29 bits per heavy atom. The molecule has 2 atom stereocenters. The summed E-state index contributed by atoms with van der Waals surface area (Å²) in [6.45, 7) is 6.15. The van der Waals surface area contributed by atoms with E-state index in [-0.39, 0.29) is 11.8 Å². The largest absolute Gasteiger partial charge is 0.480 e. The minimum atomic E-state index is -0.914. The van der Waals surface area contributed by atoms with Crippen LogP contribution in [0.5, 0.6) is 0 Å². The van der Waals surface area contributed by atoms with E-state index in [4.69, 9.17) is 5.11 Å². The first-order valence-electron chi connectivity index (χ1n) is 6.42. The lowest BCUT2D eigenvalue weighted by atomic mass is 9.94. The molecule has 0 aromatic rings. The van der Waals surface area contributed by atoms with Gasteiger partial charge in [0.1, 0.15) is 6.04 Å². The summed E-state index contributed by atoms with van der Waals surface area (Å²) in [7, 11) is 0. The molecule has 1 fully saturated rings. The van der Waals surface area contributed by atoms with Crippen molar-refractivity contribution in [2.24, 2.45) is 17.8 Å². The highest BCUT2D eigenvalue weighted by Gasteiger charge is 2.30. The van der Waals surface area contributed by atoms with Crippen LogP contribution in [0.25, 0.3) is 0 Å². The van der Waals surface area contributed by atoms with Crippen molar-refractivity contribution in [3.05, 3.63) is 0 Å². The Kier molecular flexibility index (Phi) is 4.97. The van der Waals surface area contributed by atoms with Crippen LogP contribution in [0.2, 0.25) is 0 Å². The molecule has 17 heavy (non-hydrogen) atoms. The third-order valence-corrected chi connectivity index (χ3v) is 3.54. The standard InChI is InChI=1S/C13H23NO3/c1-8(2)9(3)6-12(15)14-11(13(16)17)7-10-4-5-10/h8-11H,4-7H2,1-3H3,(H,14,15)(H,16,17). The Hall–Kier alpha value is -1.06. The van der Waals surface area contributed by atoms with Gasteiger partial charge in [-0.2, -0.15) is 0 Å². The summed E-state index contributed by atoms with van der Waals surface area (Å²) < 4.78 is 0. The van der Waals surface area contributed by atoms with Gasteiger partial charge in [-0.15, -0.1) is 0 Å². The van der Waals surface area contributed by atoms with Crippen molar-refractivity contribution in [1.82, 2.24) is 5.32 Å². The maximum atomic E-state index is 11.7. The maximum Gasteiger partial charge on any atom is 0.326 e. The highest BCUT2D eigenvalue weighted by Crippen LogP contribution is 2.33. The van der Waals surface area contributed by atoms with E-state index in [0.29, 0.717) is 24.7 Å². The van der Waals surface area contributed by atoms with Gasteiger partial charge in [0.25, 0.3) is 0 Å². The topological polar surface area (TPSA) is 66.4 Å². The van der Waals surface area contributed by atoms with Crippen molar-refractivity contribution in [2.45, 2.75) is 52.5 Å². The first-order chi connectivity index (χ1) is 7.90. The van der Waals surface area contributed by atoms with Crippen LogP contribution in [0, 0.1) is 17.8 Å². The predicted molar refractivity (Wildman–Crippen MR) is 65.5 cm³/mol. The van der Waals surface area contributed by atoms with E-state index in [9.17, 15) is 9.59 Å². The average Bonchev–Trinajstić information content (AvgIpc) is 3.00. The van der Waals surface area contributed by atoms with Gasteiger partial charge in [-0.05, 0) is 24.2 Å². The second-order valence-corrected chi connectivity index (χ2v) is 5.56. The minimum absolute atomic E-state index is 0.140. The number of aliphatic carboxylic acids is 1. The normalized spacial score (nSPS) is 18.8. The Morgan fingerprint density at radius 2 is 1.88 bits per heavy atom.